The molecule has 2 heterocycles. The van der Waals surface area contributed by atoms with Gasteiger partial charge in [-0.3, -0.25) is 14.9 Å². The number of methoxy groups -OCH3 is 2. The number of hydrogen-bond acceptors (Lipinski definition) is 9. The number of anilines is 3. The van der Waals surface area contributed by atoms with E-state index in [1.807, 2.05) is 4.90 Å². The van der Waals surface area contributed by atoms with Crippen LogP contribution in [-0.2, 0) is 28.7 Å². The molecule has 1 fully saturated rings. The largest absolute Gasteiger partial charge is 0.462 e. The third-order valence-corrected chi connectivity index (χ3v) is 3.35. The molecule has 2 N–H and O–H groups in total. The van der Waals surface area contributed by atoms with Crippen LogP contribution in [0.1, 0.15) is 12.8 Å². The number of ether oxygens (including phenoxy) is 2. The zero-order chi connectivity index (χ0) is 18.4. The molecule has 0 radical (unpaired) electrons. The molecule has 1 aliphatic heterocycles. The number of nitrogens with zero attached hydrogens (tertiary/aromatic N) is 3. The number of aromatic nitrogens is 2. The fourth-order valence-electron chi connectivity index (χ4n) is 2.17. The molecule has 0 atom stereocenters. The van der Waals surface area contributed by atoms with Gasteiger partial charge in [0.1, 0.15) is 11.6 Å². The van der Waals surface area contributed by atoms with Gasteiger partial charge in [0.15, 0.2) is 0 Å². The molecule has 2 amide bonds. The van der Waals surface area contributed by atoms with E-state index in [0.717, 1.165) is 40.2 Å². The standard InChI is InChI=1S/C14H17N5O6/c1-24-12(22)10(20)15-8-7-9(19-5-3-4-6-19)17-14(16-8)18-11(21)13(23)25-2/h7H,3-6H2,1-2H3,(H2,15,16,17,18,20,21). The van der Waals surface area contributed by atoms with Gasteiger partial charge in [-0.15, -0.1) is 0 Å². The van der Waals surface area contributed by atoms with Crippen LogP contribution < -0.4 is 15.5 Å². The maximum atomic E-state index is 11.6. The molecule has 1 saturated heterocycles. The lowest BCUT2D eigenvalue weighted by Gasteiger charge is -2.18. The highest BCUT2D eigenvalue weighted by atomic mass is 16.5. The summed E-state index contributed by atoms with van der Waals surface area (Å²) in [4.78, 5) is 55.7. The molecule has 0 unspecified atom stereocenters. The first-order chi connectivity index (χ1) is 11.9. The Labute approximate surface area is 142 Å². The fraction of sp³-hybridized carbons (Fsp3) is 0.429. The van der Waals surface area contributed by atoms with Crippen LogP contribution in [0.5, 0.6) is 0 Å². The Balaban J connectivity index is 2.27. The Morgan fingerprint density at radius 2 is 1.52 bits per heavy atom. The minimum Gasteiger partial charge on any atom is -0.462 e. The van der Waals surface area contributed by atoms with Gasteiger partial charge in [0, 0.05) is 19.2 Å². The smallest absolute Gasteiger partial charge is 0.396 e. The number of carbonyl (C=O) groups excluding carboxylic acids is 4. The Morgan fingerprint density at radius 1 is 0.960 bits per heavy atom. The van der Waals surface area contributed by atoms with Crippen molar-refractivity contribution < 1.29 is 28.7 Å². The lowest BCUT2D eigenvalue weighted by atomic mass is 10.4. The highest BCUT2D eigenvalue weighted by Gasteiger charge is 2.21. The Kier molecular flexibility index (Phi) is 5.82. The van der Waals surface area contributed by atoms with Gasteiger partial charge in [-0.25, -0.2) is 9.59 Å². The number of hydrogen-bond donors (Lipinski definition) is 2. The third-order valence-electron chi connectivity index (χ3n) is 3.35. The second-order valence-electron chi connectivity index (χ2n) is 5.02. The topological polar surface area (TPSA) is 140 Å². The minimum absolute atomic E-state index is 0.0209. The second kappa shape index (κ2) is 8.04. The fourth-order valence-corrected chi connectivity index (χ4v) is 2.17. The average Bonchev–Trinajstić information content (AvgIpc) is 3.14. The maximum absolute atomic E-state index is 11.6. The van der Waals surface area contributed by atoms with Gasteiger partial charge in [0.05, 0.1) is 14.2 Å². The number of rotatable bonds is 3. The minimum atomic E-state index is -1.12. The Morgan fingerprint density at radius 3 is 2.08 bits per heavy atom. The van der Waals surface area contributed by atoms with E-state index in [-0.39, 0.29) is 11.8 Å². The first-order valence-corrected chi connectivity index (χ1v) is 7.37. The highest BCUT2D eigenvalue weighted by Crippen LogP contribution is 2.22. The van der Waals surface area contributed by atoms with Crippen LogP contribution in [0, 0.1) is 0 Å². The van der Waals surface area contributed by atoms with Gasteiger partial charge in [-0.05, 0) is 12.8 Å². The van der Waals surface area contributed by atoms with Crippen molar-refractivity contribution in [3.05, 3.63) is 6.07 Å². The van der Waals surface area contributed by atoms with Crippen molar-refractivity contribution in [2.24, 2.45) is 0 Å². The zero-order valence-corrected chi connectivity index (χ0v) is 13.7. The molecule has 0 aliphatic carbocycles. The first-order valence-electron chi connectivity index (χ1n) is 7.37. The summed E-state index contributed by atoms with van der Waals surface area (Å²) in [5, 5.41) is 4.44. The van der Waals surface area contributed by atoms with Crippen LogP contribution in [0.25, 0.3) is 0 Å². The Hall–Kier alpha value is -3.24. The normalized spacial score (nSPS) is 13.1. The van der Waals surface area contributed by atoms with E-state index in [1.54, 1.807) is 0 Å². The molecule has 1 aromatic rings. The van der Waals surface area contributed by atoms with Crippen molar-refractivity contribution in [1.82, 2.24) is 9.97 Å². The summed E-state index contributed by atoms with van der Waals surface area (Å²) in [6, 6.07) is 1.46. The molecule has 0 saturated carbocycles. The summed E-state index contributed by atoms with van der Waals surface area (Å²) in [5.41, 5.74) is 0. The lowest BCUT2D eigenvalue weighted by molar-refractivity contribution is -0.150. The van der Waals surface area contributed by atoms with Crippen LogP contribution in [0.15, 0.2) is 6.07 Å². The summed E-state index contributed by atoms with van der Waals surface area (Å²) < 4.78 is 8.63. The molecule has 1 aromatic heterocycles. The van der Waals surface area contributed by atoms with Crippen LogP contribution in [0.2, 0.25) is 0 Å². The molecule has 134 valence electrons. The van der Waals surface area contributed by atoms with Crippen molar-refractivity contribution in [1.29, 1.82) is 0 Å². The van der Waals surface area contributed by atoms with Crippen molar-refractivity contribution in [2.45, 2.75) is 12.8 Å². The highest BCUT2D eigenvalue weighted by molar-refractivity contribution is 6.37. The van der Waals surface area contributed by atoms with E-state index >= 15 is 0 Å². The second-order valence-corrected chi connectivity index (χ2v) is 5.02. The van der Waals surface area contributed by atoms with Crippen molar-refractivity contribution >= 4 is 41.3 Å². The average molecular weight is 351 g/mol. The summed E-state index contributed by atoms with van der Waals surface area (Å²) in [6.07, 6.45) is 1.94. The summed E-state index contributed by atoms with van der Waals surface area (Å²) in [5.74, 6) is -4.10. The molecule has 25 heavy (non-hydrogen) atoms. The van der Waals surface area contributed by atoms with Crippen LogP contribution in [-0.4, -0.2) is 61.0 Å². The predicted molar refractivity (Wildman–Crippen MR) is 84.8 cm³/mol. The SMILES string of the molecule is COC(=O)C(=O)Nc1cc(N2CCCC2)nc(NC(=O)C(=O)OC)n1. The van der Waals surface area contributed by atoms with E-state index in [2.05, 4.69) is 30.1 Å². The van der Waals surface area contributed by atoms with Gasteiger partial charge in [-0.1, -0.05) is 0 Å². The van der Waals surface area contributed by atoms with Gasteiger partial charge in [-0.2, -0.15) is 9.97 Å². The first kappa shape index (κ1) is 18.1. The molecular weight excluding hydrogens is 334 g/mol. The van der Waals surface area contributed by atoms with E-state index in [0.29, 0.717) is 5.82 Å². The van der Waals surface area contributed by atoms with Crippen molar-refractivity contribution in [2.75, 3.05) is 42.8 Å². The molecule has 11 nitrogen and oxygen atoms in total. The number of nitrogens with one attached hydrogen (secondary N) is 2. The van der Waals surface area contributed by atoms with Crippen LogP contribution in [0.3, 0.4) is 0 Å². The molecule has 2 rings (SSSR count). The molecular formula is C14H17N5O6. The van der Waals surface area contributed by atoms with E-state index in [1.165, 1.54) is 6.07 Å². The van der Waals surface area contributed by atoms with Gasteiger partial charge in [0.2, 0.25) is 5.95 Å². The van der Waals surface area contributed by atoms with Gasteiger partial charge < -0.3 is 19.7 Å². The van der Waals surface area contributed by atoms with Gasteiger partial charge >= 0.3 is 23.8 Å². The number of amides is 2. The van der Waals surface area contributed by atoms with E-state index < -0.39 is 23.8 Å². The third kappa shape index (κ3) is 4.62. The van der Waals surface area contributed by atoms with Crippen molar-refractivity contribution in [3.63, 3.8) is 0 Å². The monoisotopic (exact) mass is 351 g/mol. The lowest BCUT2D eigenvalue weighted by Crippen LogP contribution is -2.28. The molecule has 1 aliphatic rings. The predicted octanol–water partition coefficient (Wildman–Crippen LogP) is -0.700. The molecule has 0 spiro atoms. The quantitative estimate of drug-likeness (QED) is 0.534. The summed E-state index contributed by atoms with van der Waals surface area (Å²) in [7, 11) is 2.13. The van der Waals surface area contributed by atoms with Crippen molar-refractivity contribution in [3.8, 4) is 0 Å². The van der Waals surface area contributed by atoms with Crippen LogP contribution in [0.4, 0.5) is 17.6 Å². The van der Waals surface area contributed by atoms with Crippen LogP contribution >= 0.6 is 0 Å². The zero-order valence-electron chi connectivity index (χ0n) is 13.7. The van der Waals surface area contributed by atoms with E-state index in [4.69, 9.17) is 0 Å². The maximum Gasteiger partial charge on any atom is 0.396 e. The number of esters is 2. The molecule has 11 heteroatoms. The van der Waals surface area contributed by atoms with Gasteiger partial charge in [0.25, 0.3) is 0 Å². The molecule has 0 aromatic carbocycles. The summed E-state index contributed by atoms with van der Waals surface area (Å²) >= 11 is 0. The molecule has 0 bridgehead atoms. The summed E-state index contributed by atoms with van der Waals surface area (Å²) in [6.45, 7) is 1.48. The van der Waals surface area contributed by atoms with E-state index in [9.17, 15) is 19.2 Å². The Bertz CT molecular complexity index is 653. The number of carbonyl (C=O) groups is 4.